The number of aromatic nitrogens is 2. The third kappa shape index (κ3) is 3.84. The molecule has 118 valence electrons. The summed E-state index contributed by atoms with van der Waals surface area (Å²) in [6.45, 7) is 6.39. The van der Waals surface area contributed by atoms with Crippen molar-refractivity contribution >= 4 is 5.69 Å². The van der Waals surface area contributed by atoms with Crippen molar-refractivity contribution in [2.75, 3.05) is 44.2 Å². The fourth-order valence-electron chi connectivity index (χ4n) is 2.76. The molecule has 1 aliphatic heterocycles. The van der Waals surface area contributed by atoms with E-state index in [0.717, 1.165) is 57.3 Å². The van der Waals surface area contributed by atoms with Crippen molar-refractivity contribution in [3.05, 3.63) is 48.3 Å². The van der Waals surface area contributed by atoms with E-state index in [2.05, 4.69) is 25.1 Å². The van der Waals surface area contributed by atoms with Crippen molar-refractivity contribution in [3.63, 3.8) is 0 Å². The number of hydrogen-bond donors (Lipinski definition) is 2. The Morgan fingerprint density at radius 2 is 2.00 bits per heavy atom. The lowest BCUT2D eigenvalue weighted by Crippen LogP contribution is -2.48. The van der Waals surface area contributed by atoms with Gasteiger partial charge in [-0.2, -0.15) is 0 Å². The molecule has 0 amide bonds. The molecule has 2 N–H and O–H groups in total. The second-order valence-corrected chi connectivity index (χ2v) is 5.49. The number of rotatable bonds is 6. The van der Waals surface area contributed by atoms with Crippen molar-refractivity contribution in [2.24, 2.45) is 0 Å². The predicted molar refractivity (Wildman–Crippen MR) is 85.3 cm³/mol. The molecule has 0 saturated carbocycles. The molecule has 5 nitrogen and oxygen atoms in total. The van der Waals surface area contributed by atoms with Crippen molar-refractivity contribution in [3.8, 4) is 0 Å². The summed E-state index contributed by atoms with van der Waals surface area (Å²) < 4.78 is 13.8. The molecule has 3 rings (SSSR count). The van der Waals surface area contributed by atoms with Crippen LogP contribution in [0.4, 0.5) is 10.1 Å². The summed E-state index contributed by atoms with van der Waals surface area (Å²) in [5, 5.41) is 3.38. The van der Waals surface area contributed by atoms with Crippen LogP contribution in [0, 0.1) is 5.82 Å². The number of benzene rings is 1. The lowest BCUT2D eigenvalue weighted by atomic mass is 10.2. The third-order valence-corrected chi connectivity index (χ3v) is 4.02. The lowest BCUT2D eigenvalue weighted by Gasteiger charge is -2.36. The molecule has 1 aromatic carbocycles. The van der Waals surface area contributed by atoms with Gasteiger partial charge in [-0.1, -0.05) is 12.1 Å². The number of halogens is 1. The van der Waals surface area contributed by atoms with Crippen LogP contribution in [-0.2, 0) is 6.54 Å². The number of imidazole rings is 1. The van der Waals surface area contributed by atoms with Crippen LogP contribution in [0.2, 0.25) is 0 Å². The van der Waals surface area contributed by atoms with Crippen molar-refractivity contribution < 1.29 is 4.39 Å². The summed E-state index contributed by atoms with van der Waals surface area (Å²) >= 11 is 0. The third-order valence-electron chi connectivity index (χ3n) is 4.02. The minimum absolute atomic E-state index is 0.129. The van der Waals surface area contributed by atoms with E-state index in [1.54, 1.807) is 12.3 Å². The minimum Gasteiger partial charge on any atom is -0.367 e. The van der Waals surface area contributed by atoms with Gasteiger partial charge >= 0.3 is 0 Å². The fraction of sp³-hybridized carbons (Fsp3) is 0.438. The van der Waals surface area contributed by atoms with Gasteiger partial charge in [-0.05, 0) is 12.1 Å². The molecular weight excluding hydrogens is 281 g/mol. The Kier molecular flexibility index (Phi) is 5.03. The number of para-hydroxylation sites is 1. The quantitative estimate of drug-likeness (QED) is 0.793. The monoisotopic (exact) mass is 303 g/mol. The van der Waals surface area contributed by atoms with E-state index in [-0.39, 0.29) is 5.82 Å². The molecule has 0 spiro atoms. The van der Waals surface area contributed by atoms with E-state index in [1.807, 2.05) is 18.3 Å². The molecule has 6 heteroatoms. The Morgan fingerprint density at radius 1 is 1.18 bits per heavy atom. The molecule has 1 fully saturated rings. The Labute approximate surface area is 130 Å². The SMILES string of the molecule is Fc1ccccc1N1CCN(CCNCc2ncc[nH]2)CC1. The second-order valence-electron chi connectivity index (χ2n) is 5.49. The van der Waals surface area contributed by atoms with Crippen molar-refractivity contribution in [1.82, 2.24) is 20.2 Å². The second kappa shape index (κ2) is 7.38. The van der Waals surface area contributed by atoms with Crippen LogP contribution in [-0.4, -0.2) is 54.1 Å². The van der Waals surface area contributed by atoms with Gasteiger partial charge in [0, 0.05) is 51.7 Å². The van der Waals surface area contributed by atoms with E-state index >= 15 is 0 Å². The zero-order valence-electron chi connectivity index (χ0n) is 12.6. The van der Waals surface area contributed by atoms with E-state index in [0.29, 0.717) is 0 Å². The van der Waals surface area contributed by atoms with Gasteiger partial charge in [-0.3, -0.25) is 4.90 Å². The number of nitrogens with one attached hydrogen (secondary N) is 2. The predicted octanol–water partition coefficient (Wildman–Crippen LogP) is 1.46. The molecule has 1 aromatic heterocycles. The average Bonchev–Trinajstić information content (AvgIpc) is 3.06. The zero-order chi connectivity index (χ0) is 15.2. The zero-order valence-corrected chi connectivity index (χ0v) is 12.6. The molecule has 0 bridgehead atoms. The van der Waals surface area contributed by atoms with Crippen LogP contribution in [0.3, 0.4) is 0 Å². The summed E-state index contributed by atoms with van der Waals surface area (Å²) in [6, 6.07) is 7.01. The van der Waals surface area contributed by atoms with E-state index in [4.69, 9.17) is 0 Å². The Hall–Kier alpha value is -1.92. The van der Waals surface area contributed by atoms with Crippen LogP contribution in [0.5, 0.6) is 0 Å². The fourth-order valence-corrected chi connectivity index (χ4v) is 2.76. The number of anilines is 1. The number of piperazine rings is 1. The van der Waals surface area contributed by atoms with Gasteiger partial charge in [0.15, 0.2) is 0 Å². The van der Waals surface area contributed by atoms with E-state index in [9.17, 15) is 4.39 Å². The standard InChI is InChI=1S/C16H22FN5/c17-14-3-1-2-4-15(14)22-11-9-21(10-12-22)8-7-18-13-16-19-5-6-20-16/h1-6,18H,7-13H2,(H,19,20). The highest BCUT2D eigenvalue weighted by atomic mass is 19.1. The maximum Gasteiger partial charge on any atom is 0.146 e. The number of aromatic amines is 1. The summed E-state index contributed by atoms with van der Waals surface area (Å²) in [5.41, 5.74) is 0.720. The summed E-state index contributed by atoms with van der Waals surface area (Å²) in [7, 11) is 0. The maximum atomic E-state index is 13.8. The van der Waals surface area contributed by atoms with Gasteiger partial charge in [0.25, 0.3) is 0 Å². The van der Waals surface area contributed by atoms with Gasteiger partial charge in [0.2, 0.25) is 0 Å². The highest BCUT2D eigenvalue weighted by molar-refractivity contribution is 5.47. The Morgan fingerprint density at radius 3 is 2.73 bits per heavy atom. The highest BCUT2D eigenvalue weighted by Crippen LogP contribution is 2.19. The average molecular weight is 303 g/mol. The first-order valence-corrected chi connectivity index (χ1v) is 7.74. The summed E-state index contributed by atoms with van der Waals surface area (Å²) in [5.74, 6) is 0.834. The van der Waals surface area contributed by atoms with Crippen LogP contribution >= 0.6 is 0 Å². The highest BCUT2D eigenvalue weighted by Gasteiger charge is 2.18. The van der Waals surface area contributed by atoms with Crippen LogP contribution in [0.1, 0.15) is 5.82 Å². The molecule has 0 unspecified atom stereocenters. The maximum absolute atomic E-state index is 13.8. The molecular formula is C16H22FN5. The molecule has 0 aliphatic carbocycles. The van der Waals surface area contributed by atoms with Crippen LogP contribution < -0.4 is 10.2 Å². The Bertz CT molecular complexity index is 564. The lowest BCUT2D eigenvalue weighted by molar-refractivity contribution is 0.256. The number of hydrogen-bond acceptors (Lipinski definition) is 4. The van der Waals surface area contributed by atoms with E-state index < -0.39 is 0 Å². The van der Waals surface area contributed by atoms with E-state index in [1.165, 1.54) is 6.07 Å². The molecule has 0 radical (unpaired) electrons. The first-order chi connectivity index (χ1) is 10.8. The number of H-pyrrole nitrogens is 1. The Balaban J connectivity index is 1.38. The number of nitrogens with zero attached hydrogens (tertiary/aromatic N) is 3. The molecule has 2 heterocycles. The largest absolute Gasteiger partial charge is 0.367 e. The van der Waals surface area contributed by atoms with Crippen molar-refractivity contribution in [1.29, 1.82) is 0 Å². The molecule has 22 heavy (non-hydrogen) atoms. The molecule has 1 saturated heterocycles. The normalized spacial score (nSPS) is 16.1. The van der Waals surface area contributed by atoms with Crippen molar-refractivity contribution in [2.45, 2.75) is 6.54 Å². The van der Waals surface area contributed by atoms with Gasteiger partial charge < -0.3 is 15.2 Å². The first-order valence-electron chi connectivity index (χ1n) is 7.74. The molecule has 2 aromatic rings. The molecule has 0 atom stereocenters. The van der Waals surface area contributed by atoms with Gasteiger partial charge in [-0.25, -0.2) is 9.37 Å². The van der Waals surface area contributed by atoms with Crippen LogP contribution in [0.15, 0.2) is 36.7 Å². The van der Waals surface area contributed by atoms with Gasteiger partial charge in [0.1, 0.15) is 11.6 Å². The minimum atomic E-state index is -0.129. The van der Waals surface area contributed by atoms with Gasteiger partial charge in [0.05, 0.1) is 12.2 Å². The first kappa shape index (κ1) is 15.0. The van der Waals surface area contributed by atoms with Crippen LogP contribution in [0.25, 0.3) is 0 Å². The van der Waals surface area contributed by atoms with Gasteiger partial charge in [-0.15, -0.1) is 0 Å². The summed E-state index contributed by atoms with van der Waals surface area (Å²) in [4.78, 5) is 11.8. The molecule has 1 aliphatic rings. The smallest absolute Gasteiger partial charge is 0.146 e. The topological polar surface area (TPSA) is 47.2 Å². The summed E-state index contributed by atoms with van der Waals surface area (Å²) in [6.07, 6.45) is 3.60.